The van der Waals surface area contributed by atoms with Gasteiger partial charge in [0.25, 0.3) is 0 Å². The lowest BCUT2D eigenvalue weighted by Gasteiger charge is -2.24. The SMILES string of the molecule is CC(C)CN1CCc2cccc(CC(C)O)c21. The summed E-state index contributed by atoms with van der Waals surface area (Å²) in [5.41, 5.74) is 4.14. The molecule has 1 aromatic rings. The zero-order valence-corrected chi connectivity index (χ0v) is 11.1. The van der Waals surface area contributed by atoms with Crippen LogP contribution in [0.2, 0.25) is 0 Å². The molecular formula is C15H23NO. The highest BCUT2D eigenvalue weighted by molar-refractivity contribution is 5.63. The second kappa shape index (κ2) is 5.09. The van der Waals surface area contributed by atoms with Crippen molar-refractivity contribution in [3.63, 3.8) is 0 Å². The predicted molar refractivity (Wildman–Crippen MR) is 72.6 cm³/mol. The van der Waals surface area contributed by atoms with Crippen molar-refractivity contribution in [2.45, 2.75) is 39.7 Å². The maximum atomic E-state index is 9.59. The van der Waals surface area contributed by atoms with Gasteiger partial charge in [0.2, 0.25) is 0 Å². The number of nitrogens with zero attached hydrogens (tertiary/aromatic N) is 1. The van der Waals surface area contributed by atoms with Crippen molar-refractivity contribution in [1.29, 1.82) is 0 Å². The number of aliphatic hydroxyl groups is 1. The average Bonchev–Trinajstić information content (AvgIpc) is 2.61. The second-order valence-electron chi connectivity index (χ2n) is 5.57. The molecule has 2 nitrogen and oxygen atoms in total. The van der Waals surface area contributed by atoms with Crippen LogP contribution in [0.5, 0.6) is 0 Å². The molecular weight excluding hydrogens is 210 g/mol. The predicted octanol–water partition coefficient (Wildman–Crippen LogP) is 2.63. The van der Waals surface area contributed by atoms with Gasteiger partial charge in [-0.2, -0.15) is 0 Å². The van der Waals surface area contributed by atoms with Crippen LogP contribution in [0.3, 0.4) is 0 Å². The van der Waals surface area contributed by atoms with E-state index in [0.717, 1.165) is 25.9 Å². The summed E-state index contributed by atoms with van der Waals surface area (Å²) in [7, 11) is 0. The summed E-state index contributed by atoms with van der Waals surface area (Å²) >= 11 is 0. The molecule has 0 fully saturated rings. The van der Waals surface area contributed by atoms with Crippen molar-refractivity contribution in [3.05, 3.63) is 29.3 Å². The largest absolute Gasteiger partial charge is 0.393 e. The van der Waals surface area contributed by atoms with E-state index in [-0.39, 0.29) is 6.10 Å². The Hall–Kier alpha value is -1.02. The number of anilines is 1. The van der Waals surface area contributed by atoms with Gasteiger partial charge in [0.15, 0.2) is 0 Å². The molecule has 1 heterocycles. The minimum absolute atomic E-state index is 0.261. The van der Waals surface area contributed by atoms with Crippen LogP contribution in [0.4, 0.5) is 5.69 Å². The first kappa shape index (κ1) is 12.4. The lowest BCUT2D eigenvalue weighted by Crippen LogP contribution is -2.26. The van der Waals surface area contributed by atoms with Gasteiger partial charge in [-0.15, -0.1) is 0 Å². The molecule has 0 bridgehead atoms. The second-order valence-corrected chi connectivity index (χ2v) is 5.57. The van der Waals surface area contributed by atoms with Crippen LogP contribution in [-0.2, 0) is 12.8 Å². The monoisotopic (exact) mass is 233 g/mol. The van der Waals surface area contributed by atoms with Crippen LogP contribution in [0.25, 0.3) is 0 Å². The smallest absolute Gasteiger partial charge is 0.0553 e. The Bertz CT molecular complexity index is 385. The zero-order chi connectivity index (χ0) is 12.4. The molecule has 1 unspecified atom stereocenters. The van der Waals surface area contributed by atoms with Crippen LogP contribution < -0.4 is 4.90 Å². The lowest BCUT2D eigenvalue weighted by molar-refractivity contribution is 0.195. The first-order chi connectivity index (χ1) is 8.08. The van der Waals surface area contributed by atoms with E-state index in [9.17, 15) is 5.11 Å². The Kier molecular flexibility index (Phi) is 3.72. The van der Waals surface area contributed by atoms with Gasteiger partial charge < -0.3 is 10.0 Å². The molecule has 2 heteroatoms. The molecule has 0 aliphatic carbocycles. The zero-order valence-electron chi connectivity index (χ0n) is 11.1. The quantitative estimate of drug-likeness (QED) is 0.864. The molecule has 1 aliphatic heterocycles. The van der Waals surface area contributed by atoms with Gasteiger partial charge in [-0.25, -0.2) is 0 Å². The van der Waals surface area contributed by atoms with E-state index in [1.165, 1.54) is 16.8 Å². The molecule has 0 amide bonds. The maximum Gasteiger partial charge on any atom is 0.0553 e. The molecule has 0 saturated carbocycles. The van der Waals surface area contributed by atoms with Crippen molar-refractivity contribution in [2.24, 2.45) is 5.92 Å². The number of fused-ring (bicyclic) bond motifs is 1. The third kappa shape index (κ3) is 2.81. The Morgan fingerprint density at radius 1 is 1.29 bits per heavy atom. The summed E-state index contributed by atoms with van der Waals surface area (Å²) in [6, 6.07) is 6.50. The number of hydrogen-bond acceptors (Lipinski definition) is 2. The fraction of sp³-hybridized carbons (Fsp3) is 0.600. The Labute approximate surface area is 104 Å². The number of hydrogen-bond donors (Lipinski definition) is 1. The summed E-state index contributed by atoms with van der Waals surface area (Å²) in [6.45, 7) is 8.62. The minimum atomic E-state index is -0.261. The molecule has 1 N–H and O–H groups in total. The van der Waals surface area contributed by atoms with E-state index in [1.54, 1.807) is 0 Å². The van der Waals surface area contributed by atoms with Crippen molar-refractivity contribution in [3.8, 4) is 0 Å². The fourth-order valence-corrected chi connectivity index (χ4v) is 2.73. The van der Waals surface area contributed by atoms with Crippen LogP contribution in [0.15, 0.2) is 18.2 Å². The highest BCUT2D eigenvalue weighted by atomic mass is 16.3. The van der Waals surface area contributed by atoms with Gasteiger partial charge in [0.1, 0.15) is 0 Å². The van der Waals surface area contributed by atoms with Gasteiger partial charge in [0.05, 0.1) is 6.10 Å². The van der Waals surface area contributed by atoms with Crippen molar-refractivity contribution in [2.75, 3.05) is 18.0 Å². The Balaban J connectivity index is 2.28. The van der Waals surface area contributed by atoms with Gasteiger partial charge in [-0.05, 0) is 30.4 Å². The molecule has 0 spiro atoms. The first-order valence-corrected chi connectivity index (χ1v) is 6.61. The molecule has 0 aromatic heterocycles. The molecule has 0 saturated heterocycles. The van der Waals surface area contributed by atoms with E-state index in [1.807, 2.05) is 6.92 Å². The molecule has 1 atom stereocenters. The summed E-state index contributed by atoms with van der Waals surface area (Å²) in [4.78, 5) is 2.48. The Morgan fingerprint density at radius 3 is 2.71 bits per heavy atom. The van der Waals surface area contributed by atoms with Crippen LogP contribution in [0.1, 0.15) is 31.9 Å². The fourth-order valence-electron chi connectivity index (χ4n) is 2.73. The van der Waals surface area contributed by atoms with Gasteiger partial charge in [0, 0.05) is 25.2 Å². The molecule has 1 aromatic carbocycles. The molecule has 0 radical (unpaired) electrons. The topological polar surface area (TPSA) is 23.5 Å². The van der Waals surface area contributed by atoms with Crippen molar-refractivity contribution >= 4 is 5.69 Å². The Morgan fingerprint density at radius 2 is 2.06 bits per heavy atom. The summed E-state index contributed by atoms with van der Waals surface area (Å²) < 4.78 is 0. The first-order valence-electron chi connectivity index (χ1n) is 6.61. The minimum Gasteiger partial charge on any atom is -0.393 e. The van der Waals surface area contributed by atoms with E-state index in [2.05, 4.69) is 36.9 Å². The van der Waals surface area contributed by atoms with Crippen molar-refractivity contribution < 1.29 is 5.11 Å². The highest BCUT2D eigenvalue weighted by Crippen LogP contribution is 2.33. The van der Waals surface area contributed by atoms with Gasteiger partial charge in [-0.3, -0.25) is 0 Å². The summed E-state index contributed by atoms with van der Waals surface area (Å²) in [5.74, 6) is 0.681. The van der Waals surface area contributed by atoms with Gasteiger partial charge in [-0.1, -0.05) is 32.0 Å². The van der Waals surface area contributed by atoms with E-state index in [0.29, 0.717) is 5.92 Å². The van der Waals surface area contributed by atoms with Crippen molar-refractivity contribution in [1.82, 2.24) is 0 Å². The molecule has 2 rings (SSSR count). The highest BCUT2D eigenvalue weighted by Gasteiger charge is 2.22. The van der Waals surface area contributed by atoms with Gasteiger partial charge >= 0.3 is 0 Å². The lowest BCUT2D eigenvalue weighted by atomic mass is 10.0. The molecule has 94 valence electrons. The number of rotatable bonds is 4. The average molecular weight is 233 g/mol. The van der Waals surface area contributed by atoms with E-state index < -0.39 is 0 Å². The standard InChI is InChI=1S/C15H23NO/c1-11(2)10-16-8-7-13-5-4-6-14(15(13)16)9-12(3)17/h4-6,11-12,17H,7-10H2,1-3H3. The summed E-state index contributed by atoms with van der Waals surface area (Å²) in [5, 5.41) is 9.59. The number of para-hydroxylation sites is 1. The molecule has 17 heavy (non-hydrogen) atoms. The van der Waals surface area contributed by atoms with E-state index in [4.69, 9.17) is 0 Å². The van der Waals surface area contributed by atoms with Crippen LogP contribution >= 0.6 is 0 Å². The third-order valence-corrected chi connectivity index (χ3v) is 3.27. The van der Waals surface area contributed by atoms with Crippen LogP contribution in [-0.4, -0.2) is 24.3 Å². The van der Waals surface area contributed by atoms with Crippen LogP contribution in [0, 0.1) is 5.92 Å². The molecule has 1 aliphatic rings. The van der Waals surface area contributed by atoms with E-state index >= 15 is 0 Å². The third-order valence-electron chi connectivity index (χ3n) is 3.27. The number of aliphatic hydroxyl groups excluding tert-OH is 1. The summed E-state index contributed by atoms with van der Waals surface area (Å²) in [6.07, 6.45) is 1.65. The maximum absolute atomic E-state index is 9.59. The number of benzene rings is 1. The normalized spacial score (nSPS) is 16.4.